The zero-order valence-corrected chi connectivity index (χ0v) is 18.8. The Morgan fingerprint density at radius 3 is 2.33 bits per heavy atom. The maximum atomic E-state index is 13.0. The summed E-state index contributed by atoms with van der Waals surface area (Å²) in [4.78, 5) is 25.5. The molecular formula is C26H29N3O4. The fraction of sp³-hybridized carbons (Fsp3) is 0.231. The van der Waals surface area contributed by atoms with E-state index in [1.807, 2.05) is 43.3 Å². The van der Waals surface area contributed by atoms with Crippen molar-refractivity contribution in [3.8, 4) is 11.5 Å². The number of amides is 2. The van der Waals surface area contributed by atoms with Gasteiger partial charge in [0.05, 0.1) is 13.0 Å². The van der Waals surface area contributed by atoms with Crippen LogP contribution in [0.3, 0.4) is 0 Å². The first-order valence-electron chi connectivity index (χ1n) is 10.8. The number of ether oxygens (including phenoxy) is 1. The summed E-state index contributed by atoms with van der Waals surface area (Å²) in [6.45, 7) is 3.00. The van der Waals surface area contributed by atoms with E-state index in [4.69, 9.17) is 4.74 Å². The third-order valence-electron chi connectivity index (χ3n) is 5.20. The largest absolute Gasteiger partial charge is 0.508 e. The highest BCUT2D eigenvalue weighted by Gasteiger charge is 2.21. The van der Waals surface area contributed by atoms with Gasteiger partial charge < -0.3 is 25.8 Å². The molecule has 0 saturated carbocycles. The summed E-state index contributed by atoms with van der Waals surface area (Å²) < 4.78 is 5.15. The Kier molecular flexibility index (Phi) is 8.30. The number of hydrogen-bond acceptors (Lipinski definition) is 5. The minimum atomic E-state index is -0.597. The summed E-state index contributed by atoms with van der Waals surface area (Å²) in [5.41, 5.74) is 3.16. The maximum absolute atomic E-state index is 13.0. The lowest BCUT2D eigenvalue weighted by Gasteiger charge is -2.18. The number of phenols is 1. The minimum absolute atomic E-state index is 0.116. The number of aryl methyl sites for hydroxylation is 1. The number of methoxy groups -OCH3 is 1. The molecule has 4 N–H and O–H groups in total. The number of aromatic hydroxyl groups is 1. The Morgan fingerprint density at radius 2 is 1.67 bits per heavy atom. The zero-order chi connectivity index (χ0) is 23.6. The molecule has 172 valence electrons. The van der Waals surface area contributed by atoms with Crippen molar-refractivity contribution in [2.45, 2.75) is 12.8 Å². The number of rotatable bonds is 10. The van der Waals surface area contributed by atoms with Crippen LogP contribution in [0.15, 0.2) is 72.8 Å². The van der Waals surface area contributed by atoms with E-state index in [1.165, 1.54) is 12.1 Å². The van der Waals surface area contributed by atoms with E-state index in [0.29, 0.717) is 24.2 Å². The number of anilines is 1. The zero-order valence-electron chi connectivity index (χ0n) is 18.8. The van der Waals surface area contributed by atoms with E-state index in [2.05, 4.69) is 16.0 Å². The summed E-state index contributed by atoms with van der Waals surface area (Å²) in [5, 5.41) is 18.6. The van der Waals surface area contributed by atoms with Crippen molar-refractivity contribution in [2.75, 3.05) is 32.1 Å². The van der Waals surface area contributed by atoms with Crippen LogP contribution in [-0.4, -0.2) is 43.7 Å². The Hall–Kier alpha value is -4.00. The quantitative estimate of drug-likeness (QED) is 0.357. The predicted octanol–water partition coefficient (Wildman–Crippen LogP) is 3.45. The second-order valence-corrected chi connectivity index (χ2v) is 7.67. The molecule has 0 fully saturated rings. The molecule has 0 saturated heterocycles. The second-order valence-electron chi connectivity index (χ2n) is 7.67. The molecule has 7 nitrogen and oxygen atoms in total. The molecule has 3 rings (SSSR count). The molecular weight excluding hydrogens is 418 g/mol. The summed E-state index contributed by atoms with van der Waals surface area (Å²) in [5.74, 6) is -0.151. The summed E-state index contributed by atoms with van der Waals surface area (Å²) in [7, 11) is 1.62. The lowest BCUT2D eigenvalue weighted by Crippen LogP contribution is -2.39. The van der Waals surface area contributed by atoms with Crippen molar-refractivity contribution in [3.05, 3.63) is 89.5 Å². The molecule has 0 radical (unpaired) electrons. The molecule has 0 aliphatic heterocycles. The molecule has 0 spiro atoms. The van der Waals surface area contributed by atoms with Gasteiger partial charge >= 0.3 is 0 Å². The highest BCUT2D eigenvalue weighted by molar-refractivity contribution is 5.95. The predicted molar refractivity (Wildman–Crippen MR) is 129 cm³/mol. The van der Waals surface area contributed by atoms with Crippen molar-refractivity contribution < 1.29 is 19.4 Å². The Balaban J connectivity index is 1.58. The average molecular weight is 448 g/mol. The topological polar surface area (TPSA) is 99.7 Å². The van der Waals surface area contributed by atoms with E-state index >= 15 is 0 Å². The molecule has 0 aliphatic rings. The fourth-order valence-corrected chi connectivity index (χ4v) is 3.38. The van der Waals surface area contributed by atoms with Crippen LogP contribution in [0.4, 0.5) is 5.69 Å². The first kappa shape index (κ1) is 23.7. The normalized spacial score (nSPS) is 11.3. The molecule has 1 unspecified atom stereocenters. The van der Waals surface area contributed by atoms with Crippen LogP contribution in [0.1, 0.15) is 27.4 Å². The number of nitrogens with one attached hydrogen (secondary N) is 3. The van der Waals surface area contributed by atoms with Gasteiger partial charge in [-0.25, -0.2) is 0 Å². The summed E-state index contributed by atoms with van der Waals surface area (Å²) in [6.07, 6.45) is 0. The SMILES string of the molecule is COc1ccc(NCCNC(=O)C(CNC(=O)c2cccc(C)c2)c2ccc(O)cc2)cc1. The van der Waals surface area contributed by atoms with Gasteiger partial charge in [0, 0.05) is 30.9 Å². The second kappa shape index (κ2) is 11.6. The molecule has 0 aliphatic carbocycles. The van der Waals surface area contributed by atoms with E-state index < -0.39 is 5.92 Å². The summed E-state index contributed by atoms with van der Waals surface area (Å²) >= 11 is 0. The molecule has 0 bridgehead atoms. The van der Waals surface area contributed by atoms with Gasteiger partial charge in [-0.05, 0) is 61.0 Å². The Labute approximate surface area is 193 Å². The van der Waals surface area contributed by atoms with Crippen LogP contribution in [0, 0.1) is 6.92 Å². The smallest absolute Gasteiger partial charge is 0.251 e. The van der Waals surface area contributed by atoms with E-state index in [0.717, 1.165) is 17.0 Å². The van der Waals surface area contributed by atoms with E-state index in [-0.39, 0.29) is 24.1 Å². The van der Waals surface area contributed by atoms with Gasteiger partial charge in [0.1, 0.15) is 11.5 Å². The van der Waals surface area contributed by atoms with Gasteiger partial charge in [0.15, 0.2) is 0 Å². The van der Waals surface area contributed by atoms with Crippen LogP contribution in [-0.2, 0) is 4.79 Å². The molecule has 3 aromatic rings. The monoisotopic (exact) mass is 447 g/mol. The van der Waals surface area contributed by atoms with Gasteiger partial charge in [-0.15, -0.1) is 0 Å². The Bertz CT molecular complexity index is 1070. The van der Waals surface area contributed by atoms with Crippen LogP contribution < -0.4 is 20.7 Å². The van der Waals surface area contributed by atoms with Crippen molar-refractivity contribution in [3.63, 3.8) is 0 Å². The number of benzene rings is 3. The molecule has 7 heteroatoms. The number of carbonyl (C=O) groups is 2. The number of phenolic OH excluding ortho intramolecular Hbond substituents is 1. The number of hydrogen-bond donors (Lipinski definition) is 4. The third-order valence-corrected chi connectivity index (χ3v) is 5.20. The number of carbonyl (C=O) groups excluding carboxylic acids is 2. The van der Waals surface area contributed by atoms with Crippen molar-refractivity contribution in [1.82, 2.24) is 10.6 Å². The van der Waals surface area contributed by atoms with Crippen LogP contribution in [0.2, 0.25) is 0 Å². The molecule has 3 aromatic carbocycles. The van der Waals surface area contributed by atoms with Crippen molar-refractivity contribution in [1.29, 1.82) is 0 Å². The maximum Gasteiger partial charge on any atom is 0.251 e. The van der Waals surface area contributed by atoms with Crippen LogP contribution >= 0.6 is 0 Å². The van der Waals surface area contributed by atoms with Crippen molar-refractivity contribution in [2.24, 2.45) is 0 Å². The average Bonchev–Trinajstić information content (AvgIpc) is 2.83. The van der Waals surface area contributed by atoms with Gasteiger partial charge in [0.25, 0.3) is 5.91 Å². The molecule has 33 heavy (non-hydrogen) atoms. The standard InChI is InChI=1S/C26H29N3O4/c1-18-4-3-5-20(16-18)25(31)29-17-24(19-6-10-22(30)11-7-19)26(32)28-15-14-27-21-8-12-23(33-2)13-9-21/h3-13,16,24,27,30H,14-15,17H2,1-2H3,(H,28,32)(H,29,31). The first-order chi connectivity index (χ1) is 16.0. The lowest BCUT2D eigenvalue weighted by molar-refractivity contribution is -0.122. The lowest BCUT2D eigenvalue weighted by atomic mass is 9.97. The van der Waals surface area contributed by atoms with Crippen molar-refractivity contribution >= 4 is 17.5 Å². The third kappa shape index (κ3) is 7.00. The molecule has 1 atom stereocenters. The van der Waals surface area contributed by atoms with E-state index in [1.54, 1.807) is 31.4 Å². The van der Waals surface area contributed by atoms with Gasteiger partial charge in [-0.2, -0.15) is 0 Å². The molecule has 2 amide bonds. The highest BCUT2D eigenvalue weighted by atomic mass is 16.5. The first-order valence-corrected chi connectivity index (χ1v) is 10.8. The minimum Gasteiger partial charge on any atom is -0.508 e. The van der Waals surface area contributed by atoms with Gasteiger partial charge in [-0.1, -0.05) is 29.8 Å². The Morgan fingerprint density at radius 1 is 0.939 bits per heavy atom. The summed E-state index contributed by atoms with van der Waals surface area (Å²) in [6, 6.07) is 21.2. The van der Waals surface area contributed by atoms with Crippen LogP contribution in [0.5, 0.6) is 11.5 Å². The van der Waals surface area contributed by atoms with Gasteiger partial charge in [-0.3, -0.25) is 9.59 Å². The van der Waals surface area contributed by atoms with Gasteiger partial charge in [0.2, 0.25) is 5.91 Å². The molecule has 0 heterocycles. The molecule has 0 aromatic heterocycles. The van der Waals surface area contributed by atoms with E-state index in [9.17, 15) is 14.7 Å². The fourth-order valence-electron chi connectivity index (χ4n) is 3.38. The highest BCUT2D eigenvalue weighted by Crippen LogP contribution is 2.19. The van der Waals surface area contributed by atoms with Crippen LogP contribution in [0.25, 0.3) is 0 Å².